The number of benzene rings is 1. The molecule has 2 unspecified atom stereocenters. The minimum Gasteiger partial charge on any atom is -0.493 e. The summed E-state index contributed by atoms with van der Waals surface area (Å²) in [5.41, 5.74) is 1.31. The van der Waals surface area contributed by atoms with Crippen LogP contribution in [0.15, 0.2) is 29.3 Å². The molecule has 2 atom stereocenters. The van der Waals surface area contributed by atoms with E-state index < -0.39 is 0 Å². The number of fused-ring (bicyclic) bond motifs is 2. The zero-order chi connectivity index (χ0) is 19.9. The second kappa shape index (κ2) is 10.1. The highest BCUT2D eigenvalue weighted by Gasteiger charge is 2.36. The molecule has 0 radical (unpaired) electrons. The van der Waals surface area contributed by atoms with E-state index in [2.05, 4.69) is 65.7 Å². The monoisotopic (exact) mass is 386 g/mol. The maximum absolute atomic E-state index is 5.76. The van der Waals surface area contributed by atoms with Crippen LogP contribution >= 0.6 is 0 Å². The molecule has 5 nitrogen and oxygen atoms in total. The van der Waals surface area contributed by atoms with Gasteiger partial charge in [-0.3, -0.25) is 4.99 Å². The van der Waals surface area contributed by atoms with Gasteiger partial charge in [0.25, 0.3) is 0 Å². The lowest BCUT2D eigenvalue weighted by atomic mass is 9.82. The molecule has 2 saturated heterocycles. The van der Waals surface area contributed by atoms with Crippen LogP contribution in [0.3, 0.4) is 0 Å². The van der Waals surface area contributed by atoms with E-state index >= 15 is 0 Å². The third-order valence-corrected chi connectivity index (χ3v) is 6.12. The predicted molar refractivity (Wildman–Crippen MR) is 117 cm³/mol. The number of hydrogen-bond acceptors (Lipinski definition) is 3. The number of aliphatic imine (C=N–C) groups is 1. The normalized spacial score (nSPS) is 25.6. The van der Waals surface area contributed by atoms with Crippen molar-refractivity contribution in [3.05, 3.63) is 29.8 Å². The third-order valence-electron chi connectivity index (χ3n) is 6.12. The summed E-state index contributed by atoms with van der Waals surface area (Å²) in [6, 6.07) is 10.5. The molecule has 0 aromatic heterocycles. The Hall–Kier alpha value is -1.75. The first-order valence-electron chi connectivity index (χ1n) is 11.0. The third kappa shape index (κ3) is 5.87. The fourth-order valence-corrected chi connectivity index (χ4v) is 4.46. The molecule has 156 valence electrons. The molecule has 5 heteroatoms. The fourth-order valence-electron chi connectivity index (χ4n) is 4.46. The van der Waals surface area contributed by atoms with Gasteiger partial charge in [0.15, 0.2) is 5.96 Å². The first-order valence-corrected chi connectivity index (χ1v) is 11.0. The van der Waals surface area contributed by atoms with Crippen molar-refractivity contribution in [2.45, 2.75) is 70.5 Å². The predicted octanol–water partition coefficient (Wildman–Crippen LogP) is 3.44. The van der Waals surface area contributed by atoms with Gasteiger partial charge in [0.05, 0.1) is 6.61 Å². The standard InChI is InChI=1S/C23H38N4O/c1-17(2)16-28-22-10-8-18(9-11-22)12-13-25-23(24-3)26-19-14-20-6-5-7-21(15-19)27(20)4/h8-11,17,19-21H,5-7,12-16H2,1-4H3,(H2,24,25,26). The Bertz CT molecular complexity index is 614. The van der Waals surface area contributed by atoms with Crippen molar-refractivity contribution in [1.82, 2.24) is 15.5 Å². The van der Waals surface area contributed by atoms with Crippen LogP contribution in [0, 0.1) is 5.92 Å². The molecular formula is C23H38N4O. The van der Waals surface area contributed by atoms with Gasteiger partial charge in [0.2, 0.25) is 0 Å². The van der Waals surface area contributed by atoms with E-state index in [1.165, 1.54) is 37.7 Å². The molecule has 1 aromatic rings. The summed E-state index contributed by atoms with van der Waals surface area (Å²) < 4.78 is 5.76. The molecule has 2 fully saturated rings. The molecule has 28 heavy (non-hydrogen) atoms. The highest BCUT2D eigenvalue weighted by molar-refractivity contribution is 5.80. The Kier molecular flexibility index (Phi) is 7.60. The van der Waals surface area contributed by atoms with Crippen LogP contribution in [0.25, 0.3) is 0 Å². The van der Waals surface area contributed by atoms with Crippen LogP contribution in [0.2, 0.25) is 0 Å². The minimum atomic E-state index is 0.537. The van der Waals surface area contributed by atoms with Gasteiger partial charge in [0.1, 0.15) is 5.75 Å². The van der Waals surface area contributed by atoms with Gasteiger partial charge in [-0.25, -0.2) is 0 Å². The molecule has 2 aliphatic heterocycles. The molecule has 2 bridgehead atoms. The van der Waals surface area contributed by atoms with Crippen LogP contribution in [-0.2, 0) is 6.42 Å². The van der Waals surface area contributed by atoms with E-state index in [-0.39, 0.29) is 0 Å². The van der Waals surface area contributed by atoms with Crippen molar-refractivity contribution in [3.63, 3.8) is 0 Å². The van der Waals surface area contributed by atoms with Gasteiger partial charge in [-0.05, 0) is 62.8 Å². The van der Waals surface area contributed by atoms with Crippen molar-refractivity contribution < 1.29 is 4.74 Å². The highest BCUT2D eigenvalue weighted by atomic mass is 16.5. The van der Waals surface area contributed by atoms with Gasteiger partial charge in [-0.1, -0.05) is 32.4 Å². The van der Waals surface area contributed by atoms with Crippen LogP contribution < -0.4 is 15.4 Å². The zero-order valence-corrected chi connectivity index (χ0v) is 18.1. The average molecular weight is 387 g/mol. The molecule has 3 rings (SSSR count). The molecule has 1 aromatic carbocycles. The summed E-state index contributed by atoms with van der Waals surface area (Å²) in [7, 11) is 4.17. The van der Waals surface area contributed by atoms with E-state index in [4.69, 9.17) is 4.74 Å². The smallest absolute Gasteiger partial charge is 0.191 e. The van der Waals surface area contributed by atoms with E-state index in [9.17, 15) is 0 Å². The Morgan fingerprint density at radius 2 is 1.86 bits per heavy atom. The maximum atomic E-state index is 5.76. The van der Waals surface area contributed by atoms with Crippen LogP contribution in [0.1, 0.15) is 51.5 Å². The average Bonchev–Trinajstić information content (AvgIpc) is 2.67. The SMILES string of the molecule is CN=C(NCCc1ccc(OCC(C)C)cc1)NC1CC2CCCC(C1)N2C. The van der Waals surface area contributed by atoms with Crippen molar-refractivity contribution in [3.8, 4) is 5.75 Å². The van der Waals surface area contributed by atoms with E-state index in [0.29, 0.717) is 12.0 Å². The number of rotatable bonds is 7. The summed E-state index contributed by atoms with van der Waals surface area (Å²) in [5.74, 6) is 2.44. The van der Waals surface area contributed by atoms with Crippen molar-refractivity contribution in [2.75, 3.05) is 27.2 Å². The number of piperidine rings is 2. The lowest BCUT2D eigenvalue weighted by Gasteiger charge is -2.47. The number of hydrogen-bond donors (Lipinski definition) is 2. The second-order valence-electron chi connectivity index (χ2n) is 8.81. The molecular weight excluding hydrogens is 348 g/mol. The summed E-state index contributed by atoms with van der Waals surface area (Å²) >= 11 is 0. The van der Waals surface area contributed by atoms with Gasteiger partial charge >= 0.3 is 0 Å². The number of nitrogens with one attached hydrogen (secondary N) is 2. The molecule has 2 N–H and O–H groups in total. The molecule has 0 amide bonds. The van der Waals surface area contributed by atoms with Crippen molar-refractivity contribution in [1.29, 1.82) is 0 Å². The molecule has 0 aliphatic carbocycles. The Morgan fingerprint density at radius 3 is 2.46 bits per heavy atom. The first-order chi connectivity index (χ1) is 13.5. The maximum Gasteiger partial charge on any atom is 0.191 e. The lowest BCUT2D eigenvalue weighted by Crippen LogP contribution is -2.56. The topological polar surface area (TPSA) is 48.9 Å². The van der Waals surface area contributed by atoms with Gasteiger partial charge < -0.3 is 20.3 Å². The Labute approximate surface area is 170 Å². The molecule has 2 aliphatic rings. The zero-order valence-electron chi connectivity index (χ0n) is 18.1. The summed E-state index contributed by atoms with van der Waals surface area (Å²) in [4.78, 5) is 7.05. The summed E-state index contributed by atoms with van der Waals surface area (Å²) in [6.07, 6.45) is 7.50. The minimum absolute atomic E-state index is 0.537. The molecule has 2 heterocycles. The summed E-state index contributed by atoms with van der Waals surface area (Å²) in [6.45, 7) is 5.98. The Balaban J connectivity index is 1.41. The molecule has 0 saturated carbocycles. The molecule has 0 spiro atoms. The lowest BCUT2D eigenvalue weighted by molar-refractivity contribution is 0.0526. The Morgan fingerprint density at radius 1 is 1.18 bits per heavy atom. The van der Waals surface area contributed by atoms with E-state index in [0.717, 1.165) is 43.4 Å². The number of ether oxygens (including phenoxy) is 1. The van der Waals surface area contributed by atoms with Crippen LogP contribution in [0.5, 0.6) is 5.75 Å². The van der Waals surface area contributed by atoms with Crippen molar-refractivity contribution in [2.24, 2.45) is 10.9 Å². The van der Waals surface area contributed by atoms with Crippen LogP contribution in [-0.4, -0.2) is 56.2 Å². The van der Waals surface area contributed by atoms with Gasteiger partial charge in [-0.2, -0.15) is 0 Å². The fraction of sp³-hybridized carbons (Fsp3) is 0.696. The van der Waals surface area contributed by atoms with Gasteiger partial charge in [-0.15, -0.1) is 0 Å². The van der Waals surface area contributed by atoms with Crippen molar-refractivity contribution >= 4 is 5.96 Å². The second-order valence-corrected chi connectivity index (χ2v) is 8.81. The number of guanidine groups is 1. The van der Waals surface area contributed by atoms with E-state index in [1.807, 2.05) is 7.05 Å². The number of nitrogens with zero attached hydrogens (tertiary/aromatic N) is 2. The quantitative estimate of drug-likeness (QED) is 0.557. The highest BCUT2D eigenvalue weighted by Crippen LogP contribution is 2.32. The van der Waals surface area contributed by atoms with Crippen LogP contribution in [0.4, 0.5) is 0 Å². The largest absolute Gasteiger partial charge is 0.493 e. The van der Waals surface area contributed by atoms with Gasteiger partial charge in [0, 0.05) is 31.7 Å². The summed E-state index contributed by atoms with van der Waals surface area (Å²) in [5, 5.41) is 7.16. The first kappa shape index (κ1) is 21.0. The van der Waals surface area contributed by atoms with E-state index in [1.54, 1.807) is 0 Å².